The number of aryl methyl sites for hydroxylation is 1. The Bertz CT molecular complexity index is 1570. The van der Waals surface area contributed by atoms with Gasteiger partial charge in [-0.25, -0.2) is 4.98 Å². The number of ether oxygens (including phenoxy) is 8. The minimum absolute atomic E-state index is 0.126. The molecular formula is C45H79N3O13. The zero-order chi connectivity index (χ0) is 45.9. The van der Waals surface area contributed by atoms with Gasteiger partial charge in [0.1, 0.15) is 29.7 Å². The van der Waals surface area contributed by atoms with Crippen LogP contribution >= 0.6 is 0 Å². The molecule has 18 atom stereocenters. The maximum absolute atomic E-state index is 14.5. The Balaban J connectivity index is 1.88. The first-order valence-corrected chi connectivity index (χ1v) is 22.0. The highest BCUT2D eigenvalue weighted by Gasteiger charge is 2.53. The van der Waals surface area contributed by atoms with E-state index >= 15 is 0 Å². The average molecular weight is 870 g/mol. The minimum atomic E-state index is -1.82. The van der Waals surface area contributed by atoms with E-state index in [9.17, 15) is 25.2 Å². The summed E-state index contributed by atoms with van der Waals surface area (Å²) in [6.45, 7) is 20.1. The Labute approximate surface area is 364 Å². The molecule has 3 aliphatic heterocycles. The lowest BCUT2D eigenvalue weighted by molar-refractivity contribution is -0.316. The van der Waals surface area contributed by atoms with Gasteiger partial charge in [0.25, 0.3) is 0 Å². The fraction of sp³-hybridized carbons (Fsp3) is 0.867. The summed E-state index contributed by atoms with van der Waals surface area (Å²) in [5.74, 6) is -1.67. The molecule has 0 aliphatic carbocycles. The number of methoxy groups -OCH3 is 2. The van der Waals surface area contributed by atoms with Crippen molar-refractivity contribution < 1.29 is 63.1 Å². The van der Waals surface area contributed by atoms with Gasteiger partial charge in [-0.05, 0) is 108 Å². The van der Waals surface area contributed by atoms with Gasteiger partial charge >= 0.3 is 5.97 Å². The third kappa shape index (κ3) is 11.7. The van der Waals surface area contributed by atoms with Crippen LogP contribution in [0.1, 0.15) is 101 Å². The monoisotopic (exact) mass is 870 g/mol. The van der Waals surface area contributed by atoms with Crippen molar-refractivity contribution in [2.75, 3.05) is 41.9 Å². The van der Waals surface area contributed by atoms with Crippen LogP contribution < -0.4 is 9.47 Å². The second-order valence-corrected chi connectivity index (χ2v) is 19.2. The van der Waals surface area contributed by atoms with Gasteiger partial charge in [0.05, 0.1) is 60.4 Å². The minimum Gasteiger partial charge on any atom is -0.482 e. The molecule has 61 heavy (non-hydrogen) atoms. The number of rotatable bonds is 10. The highest BCUT2D eigenvalue weighted by molar-refractivity contribution is 5.73. The fourth-order valence-electron chi connectivity index (χ4n) is 9.76. The molecule has 4 heterocycles. The van der Waals surface area contributed by atoms with Crippen LogP contribution in [0.2, 0.25) is 0 Å². The van der Waals surface area contributed by atoms with E-state index in [4.69, 9.17) is 37.9 Å². The van der Waals surface area contributed by atoms with Crippen LogP contribution in [-0.2, 0) is 33.2 Å². The Hall–Kier alpha value is -2.22. The van der Waals surface area contributed by atoms with Gasteiger partial charge in [-0.2, -0.15) is 0 Å². The first-order chi connectivity index (χ1) is 28.3. The zero-order valence-electron chi connectivity index (χ0n) is 39.7. The zero-order valence-corrected chi connectivity index (χ0v) is 39.7. The van der Waals surface area contributed by atoms with Gasteiger partial charge in [-0.15, -0.1) is 0 Å². The lowest BCUT2D eigenvalue weighted by Crippen LogP contribution is -2.61. The van der Waals surface area contributed by atoms with Crippen LogP contribution in [0.3, 0.4) is 0 Å². The number of aliphatic hydroxyl groups excluding tert-OH is 2. The summed E-state index contributed by atoms with van der Waals surface area (Å²) >= 11 is 0. The molecule has 3 fully saturated rings. The van der Waals surface area contributed by atoms with Gasteiger partial charge in [-0.1, -0.05) is 20.8 Å². The van der Waals surface area contributed by atoms with E-state index in [2.05, 4.69) is 9.88 Å². The SMILES string of the molecule is CCC1OC(=O)C(C)C(O[C@H]2C[C@@](C)(OC)[C@@H](O)[C@H](C)O2)C(C)C(O[C@@H]2O[C@H](C)C[C@H](N(C)C)[C@H]2Oc2ccc(OC)nc2C)C(C)(O)CC(C)CN(C)C(C)C(O)C1(C)O. The number of nitrogens with zero attached hydrogens (tertiary/aromatic N) is 3. The highest BCUT2D eigenvalue weighted by atomic mass is 16.7. The molecule has 0 bridgehead atoms. The van der Waals surface area contributed by atoms with E-state index in [1.54, 1.807) is 53.9 Å². The van der Waals surface area contributed by atoms with Crippen molar-refractivity contribution in [3.8, 4) is 11.6 Å². The van der Waals surface area contributed by atoms with E-state index in [1.165, 1.54) is 14.0 Å². The summed E-state index contributed by atoms with van der Waals surface area (Å²) in [6.07, 6.45) is -7.84. The molecule has 4 rings (SSSR count). The third-order valence-electron chi connectivity index (χ3n) is 13.7. The number of esters is 1. The third-order valence-corrected chi connectivity index (χ3v) is 13.7. The largest absolute Gasteiger partial charge is 0.482 e. The fourth-order valence-corrected chi connectivity index (χ4v) is 9.76. The van der Waals surface area contributed by atoms with Gasteiger partial charge in [0, 0.05) is 38.1 Å². The van der Waals surface area contributed by atoms with Crippen molar-refractivity contribution in [2.24, 2.45) is 17.8 Å². The van der Waals surface area contributed by atoms with Crippen LogP contribution in [0.5, 0.6) is 11.6 Å². The van der Waals surface area contributed by atoms with Crippen LogP contribution in [0.15, 0.2) is 12.1 Å². The molecule has 1 aromatic heterocycles. The van der Waals surface area contributed by atoms with Gasteiger partial charge in [-0.3, -0.25) is 4.79 Å². The molecule has 0 spiro atoms. The normalized spacial score (nSPS) is 43.9. The van der Waals surface area contributed by atoms with Crippen molar-refractivity contribution in [1.82, 2.24) is 14.8 Å². The molecule has 16 nitrogen and oxygen atoms in total. The maximum atomic E-state index is 14.5. The molecule has 0 saturated carbocycles. The molecule has 10 unspecified atom stereocenters. The molecule has 0 radical (unpaired) electrons. The quantitative estimate of drug-likeness (QED) is 0.249. The number of likely N-dealkylation sites (N-methyl/N-ethyl adjacent to an activating group) is 2. The maximum Gasteiger partial charge on any atom is 0.311 e. The predicted molar refractivity (Wildman–Crippen MR) is 228 cm³/mol. The average Bonchev–Trinajstić information content (AvgIpc) is 3.19. The van der Waals surface area contributed by atoms with E-state index in [0.29, 0.717) is 30.3 Å². The van der Waals surface area contributed by atoms with Crippen molar-refractivity contribution in [3.63, 3.8) is 0 Å². The number of hydrogen-bond acceptors (Lipinski definition) is 16. The molecule has 0 aromatic carbocycles. The second-order valence-electron chi connectivity index (χ2n) is 19.2. The lowest BCUT2D eigenvalue weighted by Gasteiger charge is -2.49. The van der Waals surface area contributed by atoms with E-state index < -0.39 is 96.0 Å². The number of aliphatic hydroxyl groups is 4. The summed E-state index contributed by atoms with van der Waals surface area (Å²) in [7, 11) is 8.88. The van der Waals surface area contributed by atoms with E-state index in [1.807, 2.05) is 60.7 Å². The van der Waals surface area contributed by atoms with Gasteiger partial charge < -0.3 is 68.1 Å². The Morgan fingerprint density at radius 1 is 0.951 bits per heavy atom. The molecule has 16 heteroatoms. The summed E-state index contributed by atoms with van der Waals surface area (Å²) in [4.78, 5) is 23.0. The van der Waals surface area contributed by atoms with Crippen molar-refractivity contribution in [1.29, 1.82) is 0 Å². The first-order valence-electron chi connectivity index (χ1n) is 22.0. The topological polar surface area (TPSA) is 191 Å². The smallest absolute Gasteiger partial charge is 0.311 e. The van der Waals surface area contributed by atoms with Crippen molar-refractivity contribution in [2.45, 2.75) is 192 Å². The van der Waals surface area contributed by atoms with Crippen molar-refractivity contribution >= 4 is 5.97 Å². The van der Waals surface area contributed by atoms with Crippen LogP contribution in [0.4, 0.5) is 0 Å². The second kappa shape index (κ2) is 20.7. The molecule has 4 N–H and O–H groups in total. The molecular weight excluding hydrogens is 791 g/mol. The molecule has 3 saturated heterocycles. The summed E-state index contributed by atoms with van der Waals surface area (Å²) in [6, 6.07) is 2.79. The van der Waals surface area contributed by atoms with E-state index in [-0.39, 0.29) is 37.3 Å². The summed E-state index contributed by atoms with van der Waals surface area (Å²) in [5, 5.41) is 47.5. The Kier molecular flexibility index (Phi) is 17.5. The number of pyridine rings is 1. The predicted octanol–water partition coefficient (Wildman–Crippen LogP) is 3.70. The van der Waals surface area contributed by atoms with Crippen LogP contribution in [0, 0.1) is 24.7 Å². The lowest BCUT2D eigenvalue weighted by atomic mass is 9.77. The van der Waals surface area contributed by atoms with Gasteiger partial charge in [0.15, 0.2) is 18.7 Å². The number of carbonyl (C=O) groups excluding carboxylic acids is 1. The highest BCUT2D eigenvalue weighted by Crippen LogP contribution is 2.41. The molecule has 0 amide bonds. The number of cyclic esters (lactones) is 1. The van der Waals surface area contributed by atoms with Crippen LogP contribution in [0.25, 0.3) is 0 Å². The van der Waals surface area contributed by atoms with E-state index in [0.717, 1.165) is 0 Å². The van der Waals surface area contributed by atoms with Gasteiger partial charge in [0.2, 0.25) is 5.88 Å². The molecule has 352 valence electrons. The standard InChI is InChI=1S/C45H79N3O13/c1-17-33-45(11,53)38(49)29(7)48(14)23-24(2)21-43(9,52)40(26(4)36(27(5)41(51)59-33)60-35-22-44(10,55-16)39(50)30(8)57-35)61-42-37(31(47(12)13)20-25(3)56-42)58-32-18-19-34(54-15)46-28(32)6/h18-19,24-27,29-31,33,35-40,42,49-50,52-53H,17,20-23H2,1-16H3/t24?,25-,26?,27?,29?,30+,31+,33?,35+,36?,37-,38?,39+,40?,42+,43?,44-,45?/m1/s1. The summed E-state index contributed by atoms with van der Waals surface area (Å²) in [5.41, 5.74) is -3.82. The number of hydrogen-bond donors (Lipinski definition) is 4. The van der Waals surface area contributed by atoms with Crippen LogP contribution in [-0.4, -0.2) is 173 Å². The number of aromatic nitrogens is 1. The Morgan fingerprint density at radius 2 is 1.61 bits per heavy atom. The summed E-state index contributed by atoms with van der Waals surface area (Å²) < 4.78 is 51.0. The number of carbonyl (C=O) groups is 1. The molecule has 3 aliphatic rings. The molecule has 1 aromatic rings. The van der Waals surface area contributed by atoms with Crippen molar-refractivity contribution in [3.05, 3.63) is 17.8 Å². The Morgan fingerprint density at radius 3 is 2.18 bits per heavy atom. The first kappa shape index (κ1) is 51.4.